The van der Waals surface area contributed by atoms with Crippen molar-refractivity contribution in [3.05, 3.63) is 135 Å². The molecule has 1 aromatic heterocycles. The quantitative estimate of drug-likeness (QED) is 0.312. The van der Waals surface area contributed by atoms with Crippen molar-refractivity contribution in [3.63, 3.8) is 0 Å². The van der Waals surface area contributed by atoms with E-state index in [-0.39, 0.29) is 13.2 Å². The summed E-state index contributed by atoms with van der Waals surface area (Å²) in [7, 11) is 3.09. The van der Waals surface area contributed by atoms with E-state index in [9.17, 15) is 14.7 Å². The molecule has 0 radical (unpaired) electrons. The van der Waals surface area contributed by atoms with E-state index in [1.54, 1.807) is 7.11 Å². The number of hydrogen-bond acceptors (Lipinski definition) is 7. The van der Waals surface area contributed by atoms with Crippen LogP contribution in [-0.4, -0.2) is 60.4 Å². The summed E-state index contributed by atoms with van der Waals surface area (Å²) >= 11 is 0. The van der Waals surface area contributed by atoms with Crippen LogP contribution in [0.1, 0.15) is 22.7 Å². The molecule has 1 aliphatic rings. The van der Waals surface area contributed by atoms with Crippen molar-refractivity contribution in [1.29, 1.82) is 0 Å². The van der Waals surface area contributed by atoms with Gasteiger partial charge in [-0.2, -0.15) is 0 Å². The van der Waals surface area contributed by atoms with E-state index < -0.39 is 41.2 Å². The van der Waals surface area contributed by atoms with Gasteiger partial charge in [-0.1, -0.05) is 72.8 Å². The van der Waals surface area contributed by atoms with Crippen LogP contribution in [0.25, 0.3) is 0 Å². The number of rotatable bonds is 9. The lowest BCUT2D eigenvalue weighted by Gasteiger charge is -2.42. The fourth-order valence-corrected chi connectivity index (χ4v) is 5.35. The summed E-state index contributed by atoms with van der Waals surface area (Å²) in [6.07, 6.45) is -1.29. The Labute approximate surface area is 231 Å². The fourth-order valence-electron chi connectivity index (χ4n) is 5.35. The van der Waals surface area contributed by atoms with E-state index in [0.717, 1.165) is 22.4 Å². The molecular formula is C31H32N2O7. The first-order chi connectivity index (χ1) is 19.5. The molecule has 3 aromatic carbocycles. The van der Waals surface area contributed by atoms with Crippen molar-refractivity contribution >= 4 is 0 Å². The Bertz CT molecular complexity index is 1460. The molecule has 1 fully saturated rings. The summed E-state index contributed by atoms with van der Waals surface area (Å²) in [5.41, 5.74) is 0.534. The van der Waals surface area contributed by atoms with Gasteiger partial charge >= 0.3 is 5.69 Å². The van der Waals surface area contributed by atoms with Crippen LogP contribution in [0.4, 0.5) is 0 Å². The van der Waals surface area contributed by atoms with Crippen molar-refractivity contribution in [2.75, 3.05) is 27.4 Å². The van der Waals surface area contributed by atoms with E-state index in [1.165, 1.54) is 23.9 Å². The predicted molar refractivity (Wildman–Crippen MR) is 149 cm³/mol. The van der Waals surface area contributed by atoms with Gasteiger partial charge in [-0.25, -0.2) is 4.79 Å². The van der Waals surface area contributed by atoms with Gasteiger partial charge in [0, 0.05) is 19.4 Å². The molecule has 2 heterocycles. The summed E-state index contributed by atoms with van der Waals surface area (Å²) in [6, 6.07) is 28.1. The standard InChI is InChI=1S/C31H32N2O7/c1-37-24-15-13-23(14-16-24)31(21-9-5-3-6-10-21,22-11-7-4-8-12-22)40-20-26-28(35)29(38-2)25(19-39-26)33-18-17-27(34)32-30(33)36/h3-18,25-26,28-29,35H,19-20H2,1-2H3,(H,32,34,36)/t25-,26-,28-,29+/m1/s1. The molecule has 1 saturated heterocycles. The Morgan fingerprint density at radius 1 is 0.900 bits per heavy atom. The van der Waals surface area contributed by atoms with E-state index >= 15 is 0 Å². The molecule has 0 amide bonds. The molecule has 4 atom stereocenters. The Kier molecular flexibility index (Phi) is 8.27. The lowest BCUT2D eigenvalue weighted by atomic mass is 9.80. The van der Waals surface area contributed by atoms with Crippen molar-refractivity contribution in [2.24, 2.45) is 0 Å². The summed E-state index contributed by atoms with van der Waals surface area (Å²) in [5.74, 6) is 0.719. The molecule has 9 heteroatoms. The molecule has 208 valence electrons. The average molecular weight is 545 g/mol. The minimum atomic E-state index is -1.12. The predicted octanol–water partition coefficient (Wildman–Crippen LogP) is 2.87. The number of aliphatic hydroxyl groups excluding tert-OH is 1. The number of ether oxygens (including phenoxy) is 4. The van der Waals surface area contributed by atoms with Gasteiger partial charge in [0.1, 0.15) is 29.7 Å². The highest BCUT2D eigenvalue weighted by atomic mass is 16.6. The first-order valence-electron chi connectivity index (χ1n) is 13.0. The van der Waals surface area contributed by atoms with Crippen LogP contribution in [0.2, 0.25) is 0 Å². The molecule has 0 saturated carbocycles. The van der Waals surface area contributed by atoms with Gasteiger partial charge < -0.3 is 24.1 Å². The van der Waals surface area contributed by atoms with E-state index in [1.807, 2.05) is 84.9 Å². The van der Waals surface area contributed by atoms with Crippen LogP contribution in [0, 0.1) is 0 Å². The minimum Gasteiger partial charge on any atom is -0.497 e. The van der Waals surface area contributed by atoms with Gasteiger partial charge in [0.2, 0.25) is 0 Å². The second-order valence-corrected chi connectivity index (χ2v) is 9.60. The largest absolute Gasteiger partial charge is 0.497 e. The summed E-state index contributed by atoms with van der Waals surface area (Å²) in [5, 5.41) is 11.3. The number of hydrogen-bond donors (Lipinski definition) is 2. The lowest BCUT2D eigenvalue weighted by Crippen LogP contribution is -2.55. The summed E-state index contributed by atoms with van der Waals surface area (Å²) in [4.78, 5) is 26.2. The number of methoxy groups -OCH3 is 2. The number of nitrogens with zero attached hydrogens (tertiary/aromatic N) is 1. The third-order valence-corrected chi connectivity index (χ3v) is 7.38. The van der Waals surface area contributed by atoms with Crippen molar-refractivity contribution in [3.8, 4) is 5.75 Å². The zero-order valence-electron chi connectivity index (χ0n) is 22.3. The second kappa shape index (κ2) is 12.0. The molecule has 0 spiro atoms. The maximum absolute atomic E-state index is 12.4. The maximum atomic E-state index is 12.4. The van der Waals surface area contributed by atoms with Crippen LogP contribution in [0.15, 0.2) is 107 Å². The highest BCUT2D eigenvalue weighted by molar-refractivity contribution is 5.48. The molecule has 2 N–H and O–H groups in total. The van der Waals surface area contributed by atoms with E-state index in [4.69, 9.17) is 18.9 Å². The van der Waals surface area contributed by atoms with Gasteiger partial charge in [-0.05, 0) is 28.8 Å². The first kappa shape index (κ1) is 27.5. The third kappa shape index (κ3) is 5.24. The van der Waals surface area contributed by atoms with Crippen molar-refractivity contribution < 1.29 is 24.1 Å². The van der Waals surface area contributed by atoms with Gasteiger partial charge in [0.05, 0.1) is 26.4 Å². The van der Waals surface area contributed by atoms with Crippen LogP contribution >= 0.6 is 0 Å². The number of aliphatic hydroxyl groups is 1. The number of nitrogens with one attached hydrogen (secondary N) is 1. The first-order valence-corrected chi connectivity index (χ1v) is 13.0. The van der Waals surface area contributed by atoms with Crippen LogP contribution in [-0.2, 0) is 19.8 Å². The summed E-state index contributed by atoms with van der Waals surface area (Å²) < 4.78 is 25.3. The zero-order valence-corrected chi connectivity index (χ0v) is 22.3. The van der Waals surface area contributed by atoms with Crippen molar-refractivity contribution in [2.45, 2.75) is 30.0 Å². The molecular weight excluding hydrogens is 512 g/mol. The number of H-pyrrole nitrogens is 1. The van der Waals surface area contributed by atoms with E-state index in [0.29, 0.717) is 0 Å². The molecule has 0 unspecified atom stereocenters. The van der Waals surface area contributed by atoms with E-state index in [2.05, 4.69) is 4.98 Å². The number of aromatic amines is 1. The smallest absolute Gasteiger partial charge is 0.328 e. The van der Waals surface area contributed by atoms with Gasteiger partial charge in [0.15, 0.2) is 0 Å². The molecule has 9 nitrogen and oxygen atoms in total. The topological polar surface area (TPSA) is 112 Å². The Balaban J connectivity index is 1.50. The highest BCUT2D eigenvalue weighted by Gasteiger charge is 2.44. The normalized spacial score (nSPS) is 21.2. The highest BCUT2D eigenvalue weighted by Crippen LogP contribution is 2.41. The molecule has 4 aromatic rings. The van der Waals surface area contributed by atoms with Gasteiger partial charge in [-0.3, -0.25) is 14.3 Å². The Morgan fingerprint density at radius 2 is 1.50 bits per heavy atom. The molecule has 5 rings (SSSR count). The van der Waals surface area contributed by atoms with Crippen LogP contribution in [0.5, 0.6) is 5.75 Å². The van der Waals surface area contributed by atoms with Crippen LogP contribution < -0.4 is 16.0 Å². The molecule has 0 bridgehead atoms. The fraction of sp³-hybridized carbons (Fsp3) is 0.290. The molecule has 0 aliphatic carbocycles. The minimum absolute atomic E-state index is 0.0179. The Hall–Kier alpha value is -4.02. The van der Waals surface area contributed by atoms with Crippen LogP contribution in [0.3, 0.4) is 0 Å². The Morgan fingerprint density at radius 3 is 2.05 bits per heavy atom. The van der Waals surface area contributed by atoms with Gasteiger partial charge in [0.25, 0.3) is 5.56 Å². The van der Waals surface area contributed by atoms with Crippen molar-refractivity contribution in [1.82, 2.24) is 9.55 Å². The second-order valence-electron chi connectivity index (χ2n) is 9.60. The number of aromatic nitrogens is 2. The monoisotopic (exact) mass is 544 g/mol. The lowest BCUT2D eigenvalue weighted by molar-refractivity contribution is -0.193. The molecule has 40 heavy (non-hydrogen) atoms. The maximum Gasteiger partial charge on any atom is 0.328 e. The summed E-state index contributed by atoms with van der Waals surface area (Å²) in [6.45, 7) is 0.0891. The number of benzene rings is 3. The average Bonchev–Trinajstić information content (AvgIpc) is 2.99. The third-order valence-electron chi connectivity index (χ3n) is 7.38. The SMILES string of the molecule is COc1ccc(C(OC[C@H]2OC[C@@H](n3ccc(=O)[nH]c3=O)[C@H](OC)[C@@H]2O)(c2ccccc2)c2ccccc2)cc1. The molecule has 1 aliphatic heterocycles. The van der Waals surface area contributed by atoms with Gasteiger partial charge in [-0.15, -0.1) is 0 Å². The zero-order chi connectivity index (χ0) is 28.1.